The molecule has 0 saturated heterocycles. The van der Waals surface area contributed by atoms with Gasteiger partial charge in [0.2, 0.25) is 0 Å². The second kappa shape index (κ2) is 3.30. The maximum atomic E-state index is 5.11. The van der Waals surface area contributed by atoms with Gasteiger partial charge < -0.3 is 5.84 Å². The van der Waals surface area contributed by atoms with Crippen molar-refractivity contribution >= 4 is 5.71 Å². The molecule has 0 amide bonds. The van der Waals surface area contributed by atoms with Gasteiger partial charge in [-0.15, -0.1) is 5.10 Å². The smallest absolute Gasteiger partial charge is 0.109 e. The van der Waals surface area contributed by atoms with E-state index < -0.39 is 0 Å². The lowest BCUT2D eigenvalue weighted by Crippen LogP contribution is -2.05. The number of nitrogens with zero attached hydrogens (tertiary/aromatic N) is 3. The molecule has 0 saturated carbocycles. The van der Waals surface area contributed by atoms with Crippen molar-refractivity contribution in [3.05, 3.63) is 23.0 Å². The molecule has 0 fully saturated rings. The van der Waals surface area contributed by atoms with Crippen molar-refractivity contribution in [3.8, 4) is 0 Å². The fraction of sp³-hybridized carbons (Fsp3) is 0.375. The summed E-state index contributed by atoms with van der Waals surface area (Å²) >= 11 is 0. The van der Waals surface area contributed by atoms with E-state index in [1.807, 2.05) is 19.9 Å². The van der Waals surface area contributed by atoms with E-state index in [-0.39, 0.29) is 0 Å². The summed E-state index contributed by atoms with van der Waals surface area (Å²) in [4.78, 5) is 0. The third-order valence-corrected chi connectivity index (χ3v) is 1.80. The maximum Gasteiger partial charge on any atom is 0.109 e. The third kappa shape index (κ3) is 1.58. The van der Waals surface area contributed by atoms with Gasteiger partial charge in [0.25, 0.3) is 0 Å². The van der Waals surface area contributed by atoms with Crippen molar-refractivity contribution in [3.63, 3.8) is 0 Å². The monoisotopic (exact) mass is 164 g/mol. The topological polar surface area (TPSA) is 64.2 Å². The van der Waals surface area contributed by atoms with Crippen LogP contribution in [0.4, 0.5) is 0 Å². The number of hydrogen-bond donors (Lipinski definition) is 1. The number of aryl methyl sites for hydroxylation is 2. The van der Waals surface area contributed by atoms with Crippen LogP contribution in [0.3, 0.4) is 0 Å². The SMILES string of the molecule is CC(=NN)c1cc(C)c(C)nn1. The highest BCUT2D eigenvalue weighted by Gasteiger charge is 2.01. The molecular formula is C8H12N4. The van der Waals surface area contributed by atoms with Gasteiger partial charge >= 0.3 is 0 Å². The van der Waals surface area contributed by atoms with Crippen LogP contribution in [-0.4, -0.2) is 15.9 Å². The van der Waals surface area contributed by atoms with Crippen molar-refractivity contribution in [2.75, 3.05) is 0 Å². The first-order chi connectivity index (χ1) is 5.65. The summed E-state index contributed by atoms with van der Waals surface area (Å²) in [5, 5.41) is 11.5. The zero-order chi connectivity index (χ0) is 9.14. The van der Waals surface area contributed by atoms with Gasteiger partial charge in [-0.3, -0.25) is 0 Å². The molecule has 2 N–H and O–H groups in total. The van der Waals surface area contributed by atoms with Gasteiger partial charge in [-0.05, 0) is 32.4 Å². The van der Waals surface area contributed by atoms with Gasteiger partial charge in [0, 0.05) is 0 Å². The molecule has 1 aromatic heterocycles. The third-order valence-electron chi connectivity index (χ3n) is 1.80. The molecular weight excluding hydrogens is 152 g/mol. The molecule has 4 heteroatoms. The molecule has 1 aromatic rings. The molecule has 0 radical (unpaired) electrons. The molecule has 1 rings (SSSR count). The van der Waals surface area contributed by atoms with E-state index in [2.05, 4.69) is 15.3 Å². The molecule has 0 aliphatic carbocycles. The highest BCUT2D eigenvalue weighted by molar-refractivity contribution is 5.96. The summed E-state index contributed by atoms with van der Waals surface area (Å²) in [7, 11) is 0. The number of nitrogens with two attached hydrogens (primary N) is 1. The van der Waals surface area contributed by atoms with E-state index in [9.17, 15) is 0 Å². The largest absolute Gasteiger partial charge is 0.323 e. The average Bonchev–Trinajstić information content (AvgIpc) is 2.08. The Morgan fingerprint density at radius 2 is 2.08 bits per heavy atom. The van der Waals surface area contributed by atoms with Crippen molar-refractivity contribution in [2.24, 2.45) is 10.9 Å². The Bertz CT molecular complexity index is 317. The average molecular weight is 164 g/mol. The van der Waals surface area contributed by atoms with E-state index in [1.165, 1.54) is 0 Å². The predicted molar refractivity (Wildman–Crippen MR) is 47.9 cm³/mol. The highest BCUT2D eigenvalue weighted by Crippen LogP contribution is 2.03. The molecule has 64 valence electrons. The number of rotatable bonds is 1. The Labute approximate surface area is 71.5 Å². The maximum absolute atomic E-state index is 5.11. The summed E-state index contributed by atoms with van der Waals surface area (Å²) in [6.45, 7) is 5.71. The van der Waals surface area contributed by atoms with Crippen molar-refractivity contribution < 1.29 is 0 Å². The van der Waals surface area contributed by atoms with Gasteiger partial charge in [0.1, 0.15) is 5.69 Å². The van der Waals surface area contributed by atoms with E-state index in [4.69, 9.17) is 5.84 Å². The molecule has 4 nitrogen and oxygen atoms in total. The lowest BCUT2D eigenvalue weighted by Gasteiger charge is -2.00. The molecule has 0 spiro atoms. The normalized spacial score (nSPS) is 11.8. The van der Waals surface area contributed by atoms with E-state index >= 15 is 0 Å². The summed E-state index contributed by atoms with van der Waals surface area (Å²) < 4.78 is 0. The van der Waals surface area contributed by atoms with Gasteiger partial charge in [-0.2, -0.15) is 10.2 Å². The highest BCUT2D eigenvalue weighted by atomic mass is 15.2. The first kappa shape index (κ1) is 8.64. The van der Waals surface area contributed by atoms with Gasteiger partial charge in [-0.1, -0.05) is 0 Å². The molecule has 1 heterocycles. The quantitative estimate of drug-likeness (QED) is 0.379. The Morgan fingerprint density at radius 3 is 2.58 bits per heavy atom. The van der Waals surface area contributed by atoms with Crippen LogP contribution in [0.5, 0.6) is 0 Å². The van der Waals surface area contributed by atoms with Crippen LogP contribution < -0.4 is 5.84 Å². The summed E-state index contributed by atoms with van der Waals surface area (Å²) in [6.07, 6.45) is 0. The Kier molecular flexibility index (Phi) is 2.38. The second-order valence-corrected chi connectivity index (χ2v) is 2.71. The van der Waals surface area contributed by atoms with Gasteiger partial charge in [0.05, 0.1) is 11.4 Å². The van der Waals surface area contributed by atoms with Crippen LogP contribution in [0.1, 0.15) is 23.9 Å². The molecule has 0 atom stereocenters. The molecule has 0 aromatic carbocycles. The number of hydrazone groups is 1. The van der Waals surface area contributed by atoms with Crippen molar-refractivity contribution in [2.45, 2.75) is 20.8 Å². The van der Waals surface area contributed by atoms with E-state index in [0.717, 1.165) is 17.0 Å². The minimum Gasteiger partial charge on any atom is -0.323 e. The van der Waals surface area contributed by atoms with E-state index in [0.29, 0.717) is 5.71 Å². The van der Waals surface area contributed by atoms with Crippen LogP contribution >= 0.6 is 0 Å². The molecule has 12 heavy (non-hydrogen) atoms. The van der Waals surface area contributed by atoms with Crippen LogP contribution in [0, 0.1) is 13.8 Å². The number of hydrogen-bond acceptors (Lipinski definition) is 4. The van der Waals surface area contributed by atoms with Crippen LogP contribution in [-0.2, 0) is 0 Å². The van der Waals surface area contributed by atoms with Crippen LogP contribution in [0.15, 0.2) is 11.2 Å². The van der Waals surface area contributed by atoms with Crippen molar-refractivity contribution in [1.82, 2.24) is 10.2 Å². The lowest BCUT2D eigenvalue weighted by atomic mass is 10.2. The Balaban J connectivity index is 3.13. The summed E-state index contributed by atoms with van der Waals surface area (Å²) in [5.74, 6) is 5.11. The summed E-state index contributed by atoms with van der Waals surface area (Å²) in [6, 6.07) is 1.92. The minimum atomic E-state index is 0.700. The van der Waals surface area contributed by atoms with Crippen LogP contribution in [0.25, 0.3) is 0 Å². The fourth-order valence-electron chi connectivity index (χ4n) is 0.789. The van der Waals surface area contributed by atoms with Crippen molar-refractivity contribution in [1.29, 1.82) is 0 Å². The zero-order valence-electron chi connectivity index (χ0n) is 7.50. The molecule has 0 unspecified atom stereocenters. The Morgan fingerprint density at radius 1 is 1.42 bits per heavy atom. The Hall–Kier alpha value is -1.45. The molecule has 0 aliphatic rings. The van der Waals surface area contributed by atoms with Gasteiger partial charge in [0.15, 0.2) is 0 Å². The molecule has 0 aliphatic heterocycles. The fourth-order valence-corrected chi connectivity index (χ4v) is 0.789. The lowest BCUT2D eigenvalue weighted by molar-refractivity contribution is 0.948. The second-order valence-electron chi connectivity index (χ2n) is 2.71. The summed E-state index contributed by atoms with van der Waals surface area (Å²) in [5.41, 5.74) is 3.47. The van der Waals surface area contributed by atoms with Gasteiger partial charge in [-0.25, -0.2) is 0 Å². The van der Waals surface area contributed by atoms with Crippen LogP contribution in [0.2, 0.25) is 0 Å². The molecule has 0 bridgehead atoms. The first-order valence-corrected chi connectivity index (χ1v) is 3.71. The standard InChI is InChI=1S/C8H12N4/c1-5-4-8(7(3)10-9)12-11-6(5)2/h4H,9H2,1-3H3. The number of aromatic nitrogens is 2. The first-order valence-electron chi connectivity index (χ1n) is 3.71. The predicted octanol–water partition coefficient (Wildman–Crippen LogP) is 0.776. The minimum absolute atomic E-state index is 0.700. The zero-order valence-corrected chi connectivity index (χ0v) is 7.50. The van der Waals surface area contributed by atoms with E-state index in [1.54, 1.807) is 6.92 Å².